The van der Waals surface area contributed by atoms with E-state index >= 15 is 0 Å². The number of halogens is 2. The lowest BCUT2D eigenvalue weighted by atomic mass is 10.1. The van der Waals surface area contributed by atoms with Crippen LogP contribution in [0.2, 0.25) is 10.0 Å². The lowest BCUT2D eigenvalue weighted by molar-refractivity contribution is -0.907. The number of esters is 1. The summed E-state index contributed by atoms with van der Waals surface area (Å²) in [6, 6.07) is 7.55. The van der Waals surface area contributed by atoms with Crippen molar-refractivity contribution >= 4 is 45.5 Å². The fourth-order valence-corrected chi connectivity index (χ4v) is 3.75. The number of ether oxygens (including phenoxy) is 1. The maximum Gasteiger partial charge on any atom is 0.348 e. The van der Waals surface area contributed by atoms with Gasteiger partial charge in [-0.3, -0.25) is 0 Å². The molecule has 0 fully saturated rings. The summed E-state index contributed by atoms with van der Waals surface area (Å²) < 4.78 is 5.08. The third-order valence-corrected chi connectivity index (χ3v) is 5.36. The second-order valence-electron chi connectivity index (χ2n) is 5.54. The first-order valence-corrected chi connectivity index (χ1v) is 9.18. The maximum absolute atomic E-state index is 12.2. The molecule has 0 aliphatic carbocycles. The van der Waals surface area contributed by atoms with Crippen LogP contribution in [0.15, 0.2) is 18.2 Å². The van der Waals surface area contributed by atoms with Crippen molar-refractivity contribution in [3.8, 4) is 6.07 Å². The Morgan fingerprint density at radius 3 is 2.68 bits per heavy atom. The fourth-order valence-electron chi connectivity index (χ4n) is 2.50. The van der Waals surface area contributed by atoms with E-state index in [1.165, 1.54) is 0 Å². The van der Waals surface area contributed by atoms with Crippen molar-refractivity contribution in [1.29, 1.82) is 5.26 Å². The smallest absolute Gasteiger partial charge is 0.348 e. The van der Waals surface area contributed by atoms with Gasteiger partial charge in [-0.2, -0.15) is 5.26 Å². The molecule has 3 N–H and O–H groups in total. The molecule has 0 spiro atoms. The molecule has 1 aromatic carbocycles. The van der Waals surface area contributed by atoms with E-state index in [1.807, 2.05) is 19.2 Å². The van der Waals surface area contributed by atoms with Gasteiger partial charge in [0.1, 0.15) is 29.0 Å². The third kappa shape index (κ3) is 4.65. The summed E-state index contributed by atoms with van der Waals surface area (Å²) in [6.07, 6.45) is 0. The summed E-state index contributed by atoms with van der Waals surface area (Å²) >= 11 is 13.1. The van der Waals surface area contributed by atoms with E-state index in [-0.39, 0.29) is 6.61 Å². The number of hydrogen-bond donors (Lipinski definition) is 2. The van der Waals surface area contributed by atoms with Crippen LogP contribution in [-0.2, 0) is 17.8 Å². The lowest BCUT2D eigenvalue weighted by Gasteiger charge is -2.15. The lowest BCUT2D eigenvalue weighted by Crippen LogP contribution is -3.06. The van der Waals surface area contributed by atoms with Crippen molar-refractivity contribution in [3.05, 3.63) is 49.8 Å². The Bertz CT molecular complexity index is 830. The number of nitrogen functional groups attached to an aromatic ring is 1. The molecule has 0 radical (unpaired) electrons. The van der Waals surface area contributed by atoms with E-state index in [4.69, 9.17) is 33.7 Å². The highest BCUT2D eigenvalue weighted by atomic mass is 35.5. The molecule has 1 aromatic heterocycles. The Morgan fingerprint density at radius 2 is 2.08 bits per heavy atom. The molecule has 0 saturated heterocycles. The van der Waals surface area contributed by atoms with Gasteiger partial charge in [0.15, 0.2) is 0 Å². The molecule has 0 saturated carbocycles. The molecule has 1 heterocycles. The number of benzene rings is 1. The highest BCUT2D eigenvalue weighted by molar-refractivity contribution is 7.18. The highest BCUT2D eigenvalue weighted by Gasteiger charge is 2.25. The second kappa shape index (κ2) is 8.54. The molecule has 2 rings (SSSR count). The van der Waals surface area contributed by atoms with Gasteiger partial charge in [0.05, 0.1) is 34.8 Å². The predicted molar refractivity (Wildman–Crippen MR) is 100 cm³/mol. The van der Waals surface area contributed by atoms with Crippen molar-refractivity contribution in [1.82, 2.24) is 0 Å². The topological polar surface area (TPSA) is 80.5 Å². The Balaban J connectivity index is 2.24. The van der Waals surface area contributed by atoms with E-state index in [1.54, 1.807) is 13.0 Å². The van der Waals surface area contributed by atoms with Gasteiger partial charge in [-0.05, 0) is 19.1 Å². The summed E-state index contributed by atoms with van der Waals surface area (Å²) in [5.41, 5.74) is 7.88. The summed E-state index contributed by atoms with van der Waals surface area (Å²) in [7, 11) is 1.96. The minimum atomic E-state index is -0.446. The third-order valence-electron chi connectivity index (χ3n) is 3.58. The number of thiophene rings is 1. The van der Waals surface area contributed by atoms with Crippen molar-refractivity contribution in [2.75, 3.05) is 19.4 Å². The monoisotopic (exact) mass is 398 g/mol. The summed E-state index contributed by atoms with van der Waals surface area (Å²) in [4.78, 5) is 13.6. The zero-order valence-corrected chi connectivity index (χ0v) is 16.2. The number of nitrogens with zero attached hydrogens (tertiary/aromatic N) is 1. The molecule has 0 amide bonds. The summed E-state index contributed by atoms with van der Waals surface area (Å²) in [6.45, 7) is 3.12. The molecule has 2 aromatic rings. The van der Waals surface area contributed by atoms with Crippen LogP contribution >= 0.6 is 34.5 Å². The van der Waals surface area contributed by atoms with Gasteiger partial charge in [0, 0.05) is 5.56 Å². The number of nitriles is 1. The van der Waals surface area contributed by atoms with Crippen molar-refractivity contribution < 1.29 is 14.4 Å². The van der Waals surface area contributed by atoms with E-state index in [0.717, 1.165) is 21.8 Å². The van der Waals surface area contributed by atoms with E-state index in [2.05, 4.69) is 6.07 Å². The SMILES string of the molecule is CCOC(=O)c1sc(N)c(C#N)c1C[NH+](C)Cc1ccc(Cl)c(Cl)c1. The van der Waals surface area contributed by atoms with Gasteiger partial charge in [-0.15, -0.1) is 11.3 Å². The van der Waals surface area contributed by atoms with Gasteiger partial charge < -0.3 is 15.4 Å². The van der Waals surface area contributed by atoms with E-state index in [9.17, 15) is 10.1 Å². The van der Waals surface area contributed by atoms with Gasteiger partial charge >= 0.3 is 5.97 Å². The van der Waals surface area contributed by atoms with E-state index in [0.29, 0.717) is 44.1 Å². The highest BCUT2D eigenvalue weighted by Crippen LogP contribution is 2.30. The first-order valence-electron chi connectivity index (χ1n) is 7.60. The molecule has 1 atom stereocenters. The van der Waals surface area contributed by atoms with Crippen LogP contribution in [0.3, 0.4) is 0 Å². The van der Waals surface area contributed by atoms with Crippen molar-refractivity contribution in [3.63, 3.8) is 0 Å². The largest absolute Gasteiger partial charge is 0.462 e. The van der Waals surface area contributed by atoms with Gasteiger partial charge in [-0.1, -0.05) is 29.3 Å². The summed E-state index contributed by atoms with van der Waals surface area (Å²) in [5.74, 6) is -0.446. The molecular formula is C17H18Cl2N3O2S+. The molecule has 0 aliphatic rings. The number of carbonyl (C=O) groups excluding carboxylic acids is 1. The minimum absolute atomic E-state index is 0.268. The quantitative estimate of drug-likeness (QED) is 0.732. The van der Waals surface area contributed by atoms with Crippen LogP contribution < -0.4 is 10.6 Å². The first-order chi connectivity index (χ1) is 11.9. The van der Waals surface area contributed by atoms with Crippen LogP contribution in [-0.4, -0.2) is 19.6 Å². The van der Waals surface area contributed by atoms with Crippen molar-refractivity contribution in [2.45, 2.75) is 20.0 Å². The minimum Gasteiger partial charge on any atom is -0.462 e. The first kappa shape index (κ1) is 19.5. The molecule has 25 heavy (non-hydrogen) atoms. The second-order valence-corrected chi connectivity index (χ2v) is 7.41. The molecule has 132 valence electrons. The van der Waals surface area contributed by atoms with Crippen molar-refractivity contribution in [2.24, 2.45) is 0 Å². The van der Waals surface area contributed by atoms with Gasteiger partial charge in [0.2, 0.25) is 0 Å². The van der Waals surface area contributed by atoms with Gasteiger partial charge in [-0.25, -0.2) is 4.79 Å². The zero-order chi connectivity index (χ0) is 18.6. The van der Waals surface area contributed by atoms with Crippen LogP contribution in [0, 0.1) is 11.3 Å². The van der Waals surface area contributed by atoms with Crippen LogP contribution in [0.1, 0.15) is 33.3 Å². The Hall–Kier alpha value is -1.78. The Morgan fingerprint density at radius 1 is 1.36 bits per heavy atom. The molecule has 1 unspecified atom stereocenters. The normalized spacial score (nSPS) is 11.8. The Labute approximate surface area is 160 Å². The van der Waals surface area contributed by atoms with Crippen LogP contribution in [0.25, 0.3) is 0 Å². The van der Waals surface area contributed by atoms with Gasteiger partial charge in [0.25, 0.3) is 0 Å². The molecular weight excluding hydrogens is 381 g/mol. The molecule has 5 nitrogen and oxygen atoms in total. The number of anilines is 1. The Kier molecular flexibility index (Phi) is 6.68. The summed E-state index contributed by atoms with van der Waals surface area (Å²) in [5, 5.41) is 10.7. The standard InChI is InChI=1S/C17H17Cl2N3O2S/c1-3-24-17(23)15-12(11(7-20)16(21)25-15)9-22(2)8-10-4-5-13(18)14(19)6-10/h4-6H,3,8-9,21H2,1-2H3/p+1. The average molecular weight is 399 g/mol. The number of rotatable bonds is 6. The van der Waals surface area contributed by atoms with E-state index < -0.39 is 5.97 Å². The maximum atomic E-state index is 12.2. The number of quaternary nitrogens is 1. The zero-order valence-electron chi connectivity index (χ0n) is 13.9. The van der Waals surface area contributed by atoms with Crippen LogP contribution in [0.4, 0.5) is 5.00 Å². The number of nitrogens with two attached hydrogens (primary N) is 1. The average Bonchev–Trinajstić information content (AvgIpc) is 2.86. The number of carbonyl (C=O) groups is 1. The molecule has 8 heteroatoms. The fraction of sp³-hybridized carbons (Fsp3) is 0.294. The number of nitrogens with one attached hydrogen (secondary N) is 1. The molecule has 0 aliphatic heterocycles. The number of hydrogen-bond acceptors (Lipinski definition) is 5. The molecule has 0 bridgehead atoms. The predicted octanol–water partition coefficient (Wildman–Crippen LogP) is 2.90. The van der Waals surface area contributed by atoms with Crippen LogP contribution in [0.5, 0.6) is 0 Å².